The number of rotatable bonds is 5. The minimum absolute atomic E-state index is 0.219. The molecule has 1 heterocycles. The van der Waals surface area contributed by atoms with Crippen molar-refractivity contribution in [2.24, 2.45) is 0 Å². The van der Waals surface area contributed by atoms with Crippen LogP contribution in [0.2, 0.25) is 0 Å². The van der Waals surface area contributed by atoms with Gasteiger partial charge in [0.25, 0.3) is 0 Å². The summed E-state index contributed by atoms with van der Waals surface area (Å²) in [5.74, 6) is 0. The van der Waals surface area contributed by atoms with Crippen LogP contribution >= 0.6 is 0 Å². The van der Waals surface area contributed by atoms with Gasteiger partial charge in [-0.05, 0) is 5.56 Å². The Morgan fingerprint density at radius 1 is 1.16 bits per heavy atom. The van der Waals surface area contributed by atoms with Crippen LogP contribution in [0.5, 0.6) is 0 Å². The van der Waals surface area contributed by atoms with Crippen LogP contribution in [0.15, 0.2) is 30.3 Å². The Hall–Kier alpha value is -1.02. The number of benzene rings is 1. The van der Waals surface area contributed by atoms with Gasteiger partial charge in [-0.3, -0.25) is 0 Å². The highest BCUT2D eigenvalue weighted by Crippen LogP contribution is 2.25. The van der Waals surface area contributed by atoms with E-state index in [0.29, 0.717) is 0 Å². The van der Waals surface area contributed by atoms with Gasteiger partial charge < -0.3 is 29.9 Å². The van der Waals surface area contributed by atoms with Crippen LogP contribution in [0, 0.1) is 0 Å². The van der Waals surface area contributed by atoms with Gasteiger partial charge in [0.1, 0.15) is 24.4 Å². The van der Waals surface area contributed by atoms with Gasteiger partial charge in [0.2, 0.25) is 0 Å². The standard InChI is InChI=1S/C13H18O6/c14-6-9(15)12-10(16)11(17)13(19-12)18-7-8-4-2-1-3-5-8/h1-5,9-17H,6-7H2/t9-,10-,11-,12+,13+/m0/s1. The third kappa shape index (κ3) is 3.30. The van der Waals surface area contributed by atoms with E-state index in [2.05, 4.69) is 0 Å². The highest BCUT2D eigenvalue weighted by Gasteiger charge is 2.46. The Morgan fingerprint density at radius 2 is 1.84 bits per heavy atom. The molecule has 0 saturated carbocycles. The topological polar surface area (TPSA) is 99.4 Å². The lowest BCUT2D eigenvalue weighted by Gasteiger charge is -2.18. The minimum Gasteiger partial charge on any atom is -0.394 e. The van der Waals surface area contributed by atoms with Gasteiger partial charge >= 0.3 is 0 Å². The van der Waals surface area contributed by atoms with Crippen molar-refractivity contribution in [3.63, 3.8) is 0 Å². The molecule has 106 valence electrons. The van der Waals surface area contributed by atoms with E-state index < -0.39 is 37.3 Å². The monoisotopic (exact) mass is 270 g/mol. The maximum atomic E-state index is 9.76. The quantitative estimate of drug-likeness (QED) is 0.548. The molecule has 0 spiro atoms. The Balaban J connectivity index is 1.91. The normalized spacial score (nSPS) is 32.4. The highest BCUT2D eigenvalue weighted by molar-refractivity contribution is 5.13. The maximum Gasteiger partial charge on any atom is 0.187 e. The third-order valence-electron chi connectivity index (χ3n) is 3.08. The van der Waals surface area contributed by atoms with E-state index in [4.69, 9.17) is 14.6 Å². The summed E-state index contributed by atoms with van der Waals surface area (Å²) in [6, 6.07) is 9.31. The van der Waals surface area contributed by atoms with Gasteiger partial charge in [-0.2, -0.15) is 0 Å². The molecule has 0 aromatic heterocycles. The van der Waals surface area contributed by atoms with Gasteiger partial charge in [0.05, 0.1) is 13.2 Å². The van der Waals surface area contributed by atoms with Crippen LogP contribution in [-0.4, -0.2) is 57.7 Å². The molecule has 2 rings (SSSR count). The van der Waals surface area contributed by atoms with E-state index in [1.807, 2.05) is 30.3 Å². The van der Waals surface area contributed by atoms with Crippen LogP contribution < -0.4 is 0 Å². The summed E-state index contributed by atoms with van der Waals surface area (Å²) in [5, 5.41) is 37.7. The summed E-state index contributed by atoms with van der Waals surface area (Å²) in [6.07, 6.45) is -5.88. The van der Waals surface area contributed by atoms with Crippen molar-refractivity contribution in [3.05, 3.63) is 35.9 Å². The van der Waals surface area contributed by atoms with Gasteiger partial charge in [-0.25, -0.2) is 0 Å². The maximum absolute atomic E-state index is 9.76. The molecule has 1 saturated heterocycles. The zero-order valence-corrected chi connectivity index (χ0v) is 10.3. The van der Waals surface area contributed by atoms with Crippen LogP contribution in [0.1, 0.15) is 5.56 Å². The lowest BCUT2D eigenvalue weighted by atomic mass is 10.1. The van der Waals surface area contributed by atoms with Gasteiger partial charge in [-0.1, -0.05) is 30.3 Å². The van der Waals surface area contributed by atoms with Gasteiger partial charge in [-0.15, -0.1) is 0 Å². The molecular weight excluding hydrogens is 252 g/mol. The van der Waals surface area contributed by atoms with E-state index in [0.717, 1.165) is 5.56 Å². The SMILES string of the molecule is OC[C@H](O)[C@H]1O[C@@H](OCc2ccccc2)[C@@H](O)[C@@H]1O. The fourth-order valence-electron chi connectivity index (χ4n) is 1.98. The molecule has 1 aromatic carbocycles. The van der Waals surface area contributed by atoms with E-state index in [1.165, 1.54) is 0 Å². The summed E-state index contributed by atoms with van der Waals surface area (Å²) in [6.45, 7) is -0.336. The minimum atomic E-state index is -1.29. The Kier molecular flexibility index (Phi) is 4.87. The predicted octanol–water partition coefficient (Wildman–Crippen LogP) is -0.997. The summed E-state index contributed by atoms with van der Waals surface area (Å²) in [5.41, 5.74) is 0.902. The second-order valence-electron chi connectivity index (χ2n) is 4.50. The first-order chi connectivity index (χ1) is 9.13. The van der Waals surface area contributed by atoms with Crippen molar-refractivity contribution in [1.29, 1.82) is 0 Å². The average molecular weight is 270 g/mol. The van der Waals surface area contributed by atoms with Crippen molar-refractivity contribution < 1.29 is 29.9 Å². The number of aliphatic hydroxyl groups is 4. The average Bonchev–Trinajstić information content (AvgIpc) is 2.73. The lowest BCUT2D eigenvalue weighted by molar-refractivity contribution is -0.186. The predicted molar refractivity (Wildman–Crippen MR) is 65.0 cm³/mol. The zero-order valence-electron chi connectivity index (χ0n) is 10.3. The summed E-state index contributed by atoms with van der Waals surface area (Å²) < 4.78 is 10.6. The van der Waals surface area contributed by atoms with E-state index >= 15 is 0 Å². The fraction of sp³-hybridized carbons (Fsp3) is 0.538. The number of ether oxygens (including phenoxy) is 2. The van der Waals surface area contributed by atoms with Crippen molar-refractivity contribution in [2.45, 2.75) is 37.3 Å². The van der Waals surface area contributed by atoms with E-state index in [9.17, 15) is 15.3 Å². The summed E-state index contributed by atoms with van der Waals surface area (Å²) in [7, 11) is 0. The fourth-order valence-corrected chi connectivity index (χ4v) is 1.98. The summed E-state index contributed by atoms with van der Waals surface area (Å²) in [4.78, 5) is 0. The number of aliphatic hydroxyl groups excluding tert-OH is 4. The van der Waals surface area contributed by atoms with Crippen LogP contribution in [0.25, 0.3) is 0 Å². The molecule has 4 N–H and O–H groups in total. The molecule has 1 aliphatic rings. The Morgan fingerprint density at radius 3 is 2.47 bits per heavy atom. The molecule has 0 amide bonds. The van der Waals surface area contributed by atoms with Gasteiger partial charge in [0, 0.05) is 0 Å². The van der Waals surface area contributed by atoms with Crippen molar-refractivity contribution >= 4 is 0 Å². The largest absolute Gasteiger partial charge is 0.394 e. The first-order valence-electron chi connectivity index (χ1n) is 6.09. The van der Waals surface area contributed by atoms with Crippen molar-refractivity contribution in [2.75, 3.05) is 6.61 Å². The molecule has 6 heteroatoms. The van der Waals surface area contributed by atoms with Crippen LogP contribution in [-0.2, 0) is 16.1 Å². The first-order valence-corrected chi connectivity index (χ1v) is 6.09. The second kappa shape index (κ2) is 6.42. The molecule has 0 radical (unpaired) electrons. The Bertz CT molecular complexity index is 384. The number of hydrogen-bond donors (Lipinski definition) is 4. The molecule has 0 unspecified atom stereocenters. The van der Waals surface area contributed by atoms with Crippen molar-refractivity contribution in [1.82, 2.24) is 0 Å². The smallest absolute Gasteiger partial charge is 0.187 e. The van der Waals surface area contributed by atoms with Crippen molar-refractivity contribution in [3.8, 4) is 0 Å². The molecule has 6 nitrogen and oxygen atoms in total. The summed E-state index contributed by atoms with van der Waals surface area (Å²) >= 11 is 0. The van der Waals surface area contributed by atoms with E-state index in [-0.39, 0.29) is 6.61 Å². The molecular formula is C13H18O6. The van der Waals surface area contributed by atoms with Crippen LogP contribution in [0.4, 0.5) is 0 Å². The molecule has 5 atom stereocenters. The van der Waals surface area contributed by atoms with Crippen LogP contribution in [0.3, 0.4) is 0 Å². The molecule has 1 aliphatic heterocycles. The molecule has 1 aromatic rings. The first kappa shape index (κ1) is 14.4. The molecule has 0 aliphatic carbocycles. The zero-order chi connectivity index (χ0) is 13.8. The second-order valence-corrected chi connectivity index (χ2v) is 4.50. The van der Waals surface area contributed by atoms with Gasteiger partial charge in [0.15, 0.2) is 6.29 Å². The lowest BCUT2D eigenvalue weighted by Crippen LogP contribution is -2.40. The highest BCUT2D eigenvalue weighted by atomic mass is 16.7. The third-order valence-corrected chi connectivity index (χ3v) is 3.08. The number of hydrogen-bond acceptors (Lipinski definition) is 6. The van der Waals surface area contributed by atoms with E-state index in [1.54, 1.807) is 0 Å². The molecule has 0 bridgehead atoms. The molecule has 19 heavy (non-hydrogen) atoms. The molecule has 1 fully saturated rings. The Labute approximate surface area is 110 Å².